The molecule has 1 aromatic carbocycles. The van der Waals surface area contributed by atoms with Gasteiger partial charge in [-0.25, -0.2) is 18.2 Å². The van der Waals surface area contributed by atoms with Gasteiger partial charge in [0.2, 0.25) is 10.0 Å². The monoisotopic (exact) mass is 712 g/mol. The van der Waals surface area contributed by atoms with Crippen LogP contribution < -0.4 is 10.6 Å². The number of halogens is 4. The van der Waals surface area contributed by atoms with Gasteiger partial charge < -0.3 is 14.9 Å². The van der Waals surface area contributed by atoms with Crippen LogP contribution in [0.5, 0.6) is 0 Å². The molecule has 17 heteroatoms. The number of piperidine rings is 1. The van der Waals surface area contributed by atoms with Crippen molar-refractivity contribution in [2.24, 2.45) is 7.05 Å². The molecule has 1 atom stereocenters. The maximum absolute atomic E-state index is 13.2. The Morgan fingerprint density at radius 1 is 1.04 bits per heavy atom. The van der Waals surface area contributed by atoms with E-state index in [4.69, 9.17) is 10.1 Å². The molecule has 0 saturated carbocycles. The van der Waals surface area contributed by atoms with Gasteiger partial charge in [-0.05, 0) is 37.1 Å². The number of anilines is 1. The van der Waals surface area contributed by atoms with E-state index in [0.29, 0.717) is 61.4 Å². The Morgan fingerprint density at radius 3 is 2.31 bits per heavy atom. The van der Waals surface area contributed by atoms with Gasteiger partial charge in [0.05, 0.1) is 35.7 Å². The Bertz CT molecular complexity index is 1950. The molecule has 0 spiro atoms. The Labute approximate surface area is 282 Å². The first-order valence-electron chi connectivity index (χ1n) is 15.5. The lowest BCUT2D eigenvalue weighted by molar-refractivity contribution is -0.137. The molecular formula is C31H40ClF3N8O4S. The number of alkyl halides is 3. The number of rotatable bonds is 8. The molecule has 5 heterocycles. The minimum absolute atomic E-state index is 0. The molecule has 4 aromatic rings. The van der Waals surface area contributed by atoms with Crippen molar-refractivity contribution < 1.29 is 26.7 Å². The van der Waals surface area contributed by atoms with Crippen LogP contribution in [0.25, 0.3) is 22.4 Å². The van der Waals surface area contributed by atoms with Gasteiger partial charge in [-0.3, -0.25) is 13.8 Å². The van der Waals surface area contributed by atoms with E-state index in [1.54, 1.807) is 20.9 Å². The van der Waals surface area contributed by atoms with E-state index in [9.17, 15) is 31.5 Å². The van der Waals surface area contributed by atoms with Gasteiger partial charge in [-0.15, -0.1) is 12.4 Å². The zero-order chi connectivity index (χ0) is 33.8. The number of aromatic nitrogens is 5. The largest absolute Gasteiger partial charge is 0.416 e. The Hall–Kier alpha value is -3.44. The number of hydrogen-bond donors (Lipinski definition) is 1. The summed E-state index contributed by atoms with van der Waals surface area (Å²) in [5.74, 6) is 0.767. The van der Waals surface area contributed by atoms with Crippen molar-refractivity contribution in [1.29, 1.82) is 0 Å². The molecule has 1 N–H and O–H groups in total. The number of pyridine rings is 1. The highest BCUT2D eigenvalue weighted by molar-refractivity contribution is 7.88. The SMILES string of the molecule is CN(C)c1ccc2c(n1)n(C1CCN(CC(O)Cn3nc(-c4ccc(C(F)(F)F)cc4)c4c3CCN(S(C)(=O)=O)C4)CC1)c(=O)n2C.Cl. The Kier molecular flexibility index (Phi) is 10.1. The molecular weight excluding hydrogens is 673 g/mol. The molecule has 3 aromatic heterocycles. The van der Waals surface area contributed by atoms with Crippen molar-refractivity contribution in [2.45, 2.75) is 50.7 Å². The van der Waals surface area contributed by atoms with Crippen LogP contribution in [0.1, 0.15) is 35.7 Å². The molecule has 12 nitrogen and oxygen atoms in total. The molecule has 0 amide bonds. The van der Waals surface area contributed by atoms with Crippen molar-refractivity contribution in [3.05, 3.63) is 63.7 Å². The number of sulfonamides is 1. The van der Waals surface area contributed by atoms with Gasteiger partial charge in [0, 0.05) is 83.2 Å². The second-order valence-corrected chi connectivity index (χ2v) is 14.7. The highest BCUT2D eigenvalue weighted by atomic mass is 35.5. The third-order valence-electron chi connectivity index (χ3n) is 9.21. The van der Waals surface area contributed by atoms with E-state index >= 15 is 0 Å². The van der Waals surface area contributed by atoms with Crippen molar-refractivity contribution in [2.75, 3.05) is 51.4 Å². The second kappa shape index (κ2) is 13.5. The van der Waals surface area contributed by atoms with Crippen molar-refractivity contribution in [3.63, 3.8) is 0 Å². The van der Waals surface area contributed by atoms with Gasteiger partial charge in [-0.1, -0.05) is 12.1 Å². The summed E-state index contributed by atoms with van der Waals surface area (Å²) in [7, 11) is 2.05. The molecule has 6 rings (SSSR count). The minimum Gasteiger partial charge on any atom is -0.390 e. The maximum atomic E-state index is 13.2. The first-order valence-corrected chi connectivity index (χ1v) is 17.3. The Morgan fingerprint density at radius 2 is 1.71 bits per heavy atom. The Balaban J connectivity index is 0.00000451. The lowest BCUT2D eigenvalue weighted by atomic mass is 10.0. The number of fused-ring (bicyclic) bond motifs is 2. The van der Waals surface area contributed by atoms with Gasteiger partial charge in [0.25, 0.3) is 0 Å². The quantitative estimate of drug-likeness (QED) is 0.296. The second-order valence-electron chi connectivity index (χ2n) is 12.7. The number of benzene rings is 1. The topological polar surface area (TPSA) is 122 Å². The predicted molar refractivity (Wildman–Crippen MR) is 179 cm³/mol. The highest BCUT2D eigenvalue weighted by Gasteiger charge is 2.33. The number of likely N-dealkylation sites (tertiary alicyclic amines) is 1. The van der Waals surface area contributed by atoms with Gasteiger partial charge >= 0.3 is 11.9 Å². The third kappa shape index (κ3) is 6.99. The fourth-order valence-electron chi connectivity index (χ4n) is 6.67. The molecule has 0 aliphatic carbocycles. The molecule has 0 bridgehead atoms. The maximum Gasteiger partial charge on any atom is 0.416 e. The summed E-state index contributed by atoms with van der Waals surface area (Å²) < 4.78 is 70.7. The van der Waals surface area contributed by atoms with Crippen molar-refractivity contribution >= 4 is 39.4 Å². The van der Waals surface area contributed by atoms with Crippen molar-refractivity contribution in [1.82, 2.24) is 33.1 Å². The zero-order valence-electron chi connectivity index (χ0n) is 27.2. The number of β-amino-alcohol motifs (C(OH)–C–C–N with tert-alkyl or cyclic N) is 1. The van der Waals surface area contributed by atoms with Gasteiger partial charge in [0.1, 0.15) is 5.82 Å². The standard InChI is InChI=1S/C31H39F3N8O4S.ClH/c1-37(2)27-10-9-26-29(35-27)42(30(44)38(26)3)22-11-14-39(15-12-22)17-23(43)18-41-25-13-16-40(47(4,45)46)19-24(25)28(36-41)20-5-7-21(8-6-20)31(32,33)34;/h5-10,22-23,43H,11-19H2,1-4H3;1H. The van der Waals surface area contributed by atoms with Crippen LogP contribution in [0.15, 0.2) is 41.2 Å². The fourth-order valence-corrected chi connectivity index (χ4v) is 7.45. The van der Waals surface area contributed by atoms with Crippen molar-refractivity contribution in [3.8, 4) is 11.3 Å². The van der Waals surface area contributed by atoms with E-state index in [1.165, 1.54) is 16.4 Å². The minimum atomic E-state index is -4.49. The summed E-state index contributed by atoms with van der Waals surface area (Å²) >= 11 is 0. The fraction of sp³-hybridized carbons (Fsp3) is 0.516. The third-order valence-corrected chi connectivity index (χ3v) is 10.5. The molecule has 1 unspecified atom stereocenters. The van der Waals surface area contributed by atoms with Gasteiger partial charge in [-0.2, -0.15) is 22.6 Å². The summed E-state index contributed by atoms with van der Waals surface area (Å²) in [6, 6.07) is 8.42. The summed E-state index contributed by atoms with van der Waals surface area (Å²) in [6.45, 7) is 2.12. The van der Waals surface area contributed by atoms with Crippen LogP contribution in [0.3, 0.4) is 0 Å². The van der Waals surface area contributed by atoms with E-state index in [0.717, 1.165) is 35.4 Å². The van der Waals surface area contributed by atoms with E-state index in [2.05, 4.69) is 4.90 Å². The number of imidazole rings is 1. The summed E-state index contributed by atoms with van der Waals surface area (Å²) in [5.41, 5.74) is 2.77. The molecule has 262 valence electrons. The van der Waals surface area contributed by atoms with E-state index in [-0.39, 0.29) is 43.8 Å². The van der Waals surface area contributed by atoms with Crippen LogP contribution in [0.2, 0.25) is 0 Å². The predicted octanol–water partition coefficient (Wildman–Crippen LogP) is 3.12. The number of hydrogen-bond acceptors (Lipinski definition) is 8. The molecule has 1 fully saturated rings. The normalized spacial score (nSPS) is 17.3. The van der Waals surface area contributed by atoms with E-state index in [1.807, 2.05) is 31.1 Å². The summed E-state index contributed by atoms with van der Waals surface area (Å²) in [6.07, 6.45) is -2.40. The summed E-state index contributed by atoms with van der Waals surface area (Å²) in [4.78, 5) is 22.0. The molecule has 2 aliphatic heterocycles. The number of aliphatic hydroxyl groups excluding tert-OH is 1. The number of aryl methyl sites for hydroxylation is 1. The lowest BCUT2D eigenvalue weighted by Crippen LogP contribution is -2.42. The van der Waals surface area contributed by atoms with E-state index < -0.39 is 27.9 Å². The first kappa shape index (κ1) is 35.9. The van der Waals surface area contributed by atoms with Crippen LogP contribution >= 0.6 is 12.4 Å². The van der Waals surface area contributed by atoms with Gasteiger partial charge in [0.15, 0.2) is 5.65 Å². The van der Waals surface area contributed by atoms with Crippen LogP contribution in [-0.2, 0) is 42.8 Å². The van der Waals surface area contributed by atoms with Crippen LogP contribution in [-0.4, -0.2) is 99.3 Å². The number of nitrogens with zero attached hydrogens (tertiary/aromatic N) is 8. The van der Waals surface area contributed by atoms with Crippen LogP contribution in [0, 0.1) is 0 Å². The summed E-state index contributed by atoms with van der Waals surface area (Å²) in [5, 5.41) is 15.9. The first-order chi connectivity index (χ1) is 22.1. The average molecular weight is 713 g/mol. The molecule has 1 saturated heterocycles. The molecule has 0 radical (unpaired) electrons. The zero-order valence-corrected chi connectivity index (χ0v) is 28.8. The number of aliphatic hydroxyl groups is 1. The lowest BCUT2D eigenvalue weighted by Gasteiger charge is -2.33. The van der Waals surface area contributed by atoms with Crippen LogP contribution in [0.4, 0.5) is 19.0 Å². The molecule has 2 aliphatic rings. The highest BCUT2D eigenvalue weighted by Crippen LogP contribution is 2.34. The molecule has 48 heavy (non-hydrogen) atoms. The average Bonchev–Trinajstić information content (AvgIpc) is 3.50. The smallest absolute Gasteiger partial charge is 0.390 e.